The summed E-state index contributed by atoms with van der Waals surface area (Å²) in [4.78, 5) is 31.5. The molecule has 0 saturated heterocycles. The molecule has 0 aliphatic heterocycles. The third-order valence-corrected chi connectivity index (χ3v) is 14.7. The lowest BCUT2D eigenvalue weighted by Crippen LogP contribution is -2.24. The fraction of sp³-hybridized carbons (Fsp3) is 0.516. The van der Waals surface area contributed by atoms with Gasteiger partial charge in [-0.05, 0) is 178 Å². The van der Waals surface area contributed by atoms with Gasteiger partial charge in [0.15, 0.2) is 0 Å². The summed E-state index contributed by atoms with van der Waals surface area (Å²) in [6, 6.07) is 22.7. The van der Waals surface area contributed by atoms with Crippen molar-refractivity contribution in [3.8, 4) is 17.2 Å². The highest BCUT2D eigenvalue weighted by atomic mass is 16.5. The van der Waals surface area contributed by atoms with Crippen molar-refractivity contribution in [3.63, 3.8) is 0 Å². The van der Waals surface area contributed by atoms with Crippen LogP contribution in [0.15, 0.2) is 116 Å². The van der Waals surface area contributed by atoms with Gasteiger partial charge in [0.2, 0.25) is 0 Å². The Hall–Kier alpha value is -5.87. The van der Waals surface area contributed by atoms with Gasteiger partial charge in [0, 0.05) is 25.3 Å². The largest absolute Gasteiger partial charge is 0.493 e. The standard InChI is InChI=1S/C24H34O3.C23H32O3.C17H22O4/c1-2-3-4-5-6-7-8-20-9-11-22(12-10-20)19-27-23-16-13-21(14-17-23)15-18-24(25)26;1-2-3-4-5-6-7-19-8-10-21(11-9-19)18-26-22-15-12-20(13-16-22)14-17-23(24)25;1-20-15-7-4-14(5-8-15)12-21-16-9-2-13(3-10-16)6-11-17(18)19/h2,13-18,20,22H,1,3-12,19H2,(H,25,26);2,12-17,19,21H,1,3-11,18H2,(H,24,25);2-3,6,9-11,14-15H,4-5,7-8,12H2,1H3,(H,18,19)/b18-15+;17-14+;11-6+. The molecule has 0 spiro atoms. The van der Waals surface area contributed by atoms with Gasteiger partial charge in [0.25, 0.3) is 0 Å². The maximum Gasteiger partial charge on any atom is 0.328 e. The highest BCUT2D eigenvalue weighted by Crippen LogP contribution is 2.34. The second kappa shape index (κ2) is 37.0. The molecule has 10 heteroatoms. The van der Waals surface area contributed by atoms with E-state index in [2.05, 4.69) is 13.2 Å². The summed E-state index contributed by atoms with van der Waals surface area (Å²) in [5.74, 6) is 3.51. The van der Waals surface area contributed by atoms with E-state index in [1.807, 2.05) is 84.9 Å². The van der Waals surface area contributed by atoms with Gasteiger partial charge in [-0.2, -0.15) is 0 Å². The summed E-state index contributed by atoms with van der Waals surface area (Å²) in [5, 5.41) is 25.9. The van der Waals surface area contributed by atoms with E-state index in [1.54, 1.807) is 25.3 Å². The van der Waals surface area contributed by atoms with Crippen LogP contribution < -0.4 is 14.2 Å². The smallest absolute Gasteiger partial charge is 0.328 e. The molecule has 0 aromatic heterocycles. The fourth-order valence-corrected chi connectivity index (χ4v) is 10.1. The molecular formula is C64H88O10. The molecule has 3 aliphatic carbocycles. The number of rotatable bonds is 29. The summed E-state index contributed by atoms with van der Waals surface area (Å²) in [5.41, 5.74) is 2.59. The second-order valence-corrected chi connectivity index (χ2v) is 20.5. The number of carboxylic acids is 3. The second-order valence-electron chi connectivity index (χ2n) is 20.5. The zero-order chi connectivity index (χ0) is 53.0. The van der Waals surface area contributed by atoms with Crippen molar-refractivity contribution in [2.45, 2.75) is 154 Å². The third-order valence-electron chi connectivity index (χ3n) is 14.7. The van der Waals surface area contributed by atoms with Gasteiger partial charge in [-0.3, -0.25) is 0 Å². The number of ether oxygens (including phenoxy) is 4. The monoisotopic (exact) mass is 1020 g/mol. The first kappa shape index (κ1) is 60.7. The van der Waals surface area contributed by atoms with Gasteiger partial charge in [-0.1, -0.05) is 119 Å². The molecule has 3 aliphatic rings. The van der Waals surface area contributed by atoms with Crippen molar-refractivity contribution < 1.29 is 48.7 Å². The molecule has 0 heterocycles. The zero-order valence-electron chi connectivity index (χ0n) is 44.5. The Morgan fingerprint density at radius 3 is 1.01 bits per heavy atom. The molecule has 74 heavy (non-hydrogen) atoms. The average molecular weight is 1020 g/mol. The SMILES string of the molecule is C=CCCCCCC1CCC(COc2ccc(/C=C/C(=O)O)cc2)CC1.C=CCCCCCCC1CCC(COc2ccc(/C=C/C(=O)O)cc2)CC1.COC1CCC(COc2ccc(/C=C/C(=O)O)cc2)CC1. The summed E-state index contributed by atoms with van der Waals surface area (Å²) in [6.45, 7) is 9.87. The van der Waals surface area contributed by atoms with E-state index in [-0.39, 0.29) is 0 Å². The molecule has 10 nitrogen and oxygen atoms in total. The Bertz CT molecular complexity index is 2100. The van der Waals surface area contributed by atoms with Crippen molar-refractivity contribution in [2.75, 3.05) is 26.9 Å². The molecule has 0 atom stereocenters. The first-order valence-electron chi connectivity index (χ1n) is 27.7. The van der Waals surface area contributed by atoms with E-state index in [9.17, 15) is 14.4 Å². The number of hydrogen-bond donors (Lipinski definition) is 3. The van der Waals surface area contributed by atoms with Crippen molar-refractivity contribution in [2.24, 2.45) is 29.6 Å². The molecule has 0 bridgehead atoms. The minimum atomic E-state index is -0.943. The van der Waals surface area contributed by atoms with Crippen LogP contribution in [0.1, 0.15) is 164 Å². The lowest BCUT2D eigenvalue weighted by molar-refractivity contribution is -0.132. The lowest BCUT2D eigenvalue weighted by Gasteiger charge is -2.28. The van der Waals surface area contributed by atoms with Crippen LogP contribution in [0.5, 0.6) is 17.2 Å². The van der Waals surface area contributed by atoms with Crippen LogP contribution >= 0.6 is 0 Å². The molecule has 3 aromatic rings. The van der Waals surface area contributed by atoms with Gasteiger partial charge in [0.05, 0.1) is 25.9 Å². The lowest BCUT2D eigenvalue weighted by atomic mass is 9.80. The molecule has 404 valence electrons. The number of allylic oxidation sites excluding steroid dienone is 2. The molecule has 3 saturated carbocycles. The number of unbranched alkanes of at least 4 members (excludes halogenated alkanes) is 7. The van der Waals surface area contributed by atoms with E-state index in [4.69, 9.17) is 34.3 Å². The Kier molecular flexibility index (Phi) is 30.3. The van der Waals surface area contributed by atoms with Gasteiger partial charge in [-0.15, -0.1) is 13.2 Å². The van der Waals surface area contributed by atoms with Gasteiger partial charge >= 0.3 is 17.9 Å². The van der Waals surface area contributed by atoms with Crippen LogP contribution in [0.3, 0.4) is 0 Å². The van der Waals surface area contributed by atoms with Gasteiger partial charge in [-0.25, -0.2) is 14.4 Å². The van der Waals surface area contributed by atoms with Crippen molar-refractivity contribution in [3.05, 3.63) is 133 Å². The molecule has 3 N–H and O–H groups in total. The summed E-state index contributed by atoms with van der Waals surface area (Å²) >= 11 is 0. The fourth-order valence-electron chi connectivity index (χ4n) is 10.1. The highest BCUT2D eigenvalue weighted by molar-refractivity contribution is 5.86. The van der Waals surface area contributed by atoms with Crippen molar-refractivity contribution >= 4 is 36.1 Å². The van der Waals surface area contributed by atoms with Crippen LogP contribution in [-0.2, 0) is 19.1 Å². The summed E-state index contributed by atoms with van der Waals surface area (Å²) in [6.07, 6.45) is 42.1. The molecule has 0 unspecified atom stereocenters. The molecule has 3 fully saturated rings. The summed E-state index contributed by atoms with van der Waals surface area (Å²) < 4.78 is 23.1. The van der Waals surface area contributed by atoms with Crippen LogP contribution in [-0.4, -0.2) is 66.3 Å². The number of methoxy groups -OCH3 is 1. The maximum atomic E-state index is 10.5. The number of carboxylic acid groups (broad SMARTS) is 3. The summed E-state index contributed by atoms with van der Waals surface area (Å²) in [7, 11) is 1.78. The normalized spacial score (nSPS) is 20.7. The van der Waals surface area contributed by atoms with Crippen LogP contribution in [0.25, 0.3) is 18.2 Å². The maximum absolute atomic E-state index is 10.5. The molecular weight excluding hydrogens is 929 g/mol. The first-order valence-corrected chi connectivity index (χ1v) is 27.7. The van der Waals surface area contributed by atoms with E-state index in [1.165, 1.54) is 109 Å². The quantitative estimate of drug-likeness (QED) is 0.0348. The van der Waals surface area contributed by atoms with Crippen LogP contribution in [0.4, 0.5) is 0 Å². The number of aliphatic carboxylic acids is 3. The topological polar surface area (TPSA) is 149 Å². The minimum absolute atomic E-state index is 0.418. The van der Waals surface area contributed by atoms with Crippen LogP contribution in [0, 0.1) is 29.6 Å². The Labute approximate surface area is 443 Å². The van der Waals surface area contributed by atoms with Gasteiger partial charge in [0.1, 0.15) is 17.2 Å². The molecule has 0 amide bonds. The third kappa shape index (κ3) is 27.4. The zero-order valence-corrected chi connectivity index (χ0v) is 44.5. The van der Waals surface area contributed by atoms with E-state index < -0.39 is 17.9 Å². The first-order chi connectivity index (χ1) is 36.0. The van der Waals surface area contributed by atoms with Crippen molar-refractivity contribution in [1.29, 1.82) is 0 Å². The van der Waals surface area contributed by atoms with E-state index in [0.717, 1.165) is 122 Å². The van der Waals surface area contributed by atoms with E-state index >= 15 is 0 Å². The number of hydrogen-bond acceptors (Lipinski definition) is 7. The Balaban J connectivity index is 0.000000242. The number of benzene rings is 3. The predicted octanol–water partition coefficient (Wildman–Crippen LogP) is 16.0. The Morgan fingerprint density at radius 1 is 0.432 bits per heavy atom. The van der Waals surface area contributed by atoms with Crippen LogP contribution in [0.2, 0.25) is 0 Å². The van der Waals surface area contributed by atoms with E-state index in [0.29, 0.717) is 23.9 Å². The highest BCUT2D eigenvalue weighted by Gasteiger charge is 2.23. The minimum Gasteiger partial charge on any atom is -0.493 e. The molecule has 3 aromatic carbocycles. The van der Waals surface area contributed by atoms with Gasteiger partial charge < -0.3 is 34.3 Å². The number of carbonyl (C=O) groups is 3. The predicted molar refractivity (Wildman–Crippen MR) is 301 cm³/mol. The van der Waals surface area contributed by atoms with Crippen molar-refractivity contribution in [1.82, 2.24) is 0 Å². The molecule has 0 radical (unpaired) electrons. The molecule has 6 rings (SSSR count). The Morgan fingerprint density at radius 2 is 0.716 bits per heavy atom. The average Bonchev–Trinajstić information content (AvgIpc) is 3.42.